The largest absolute Gasteiger partial charge is 0.444 e. The molecule has 0 N–H and O–H groups in total. The first-order chi connectivity index (χ1) is 9.78. The first-order valence-electron chi connectivity index (χ1n) is 7.31. The van der Waals surface area contributed by atoms with Gasteiger partial charge >= 0.3 is 6.09 Å². The molecule has 0 radical (unpaired) electrons. The highest BCUT2D eigenvalue weighted by atomic mass is 35.5. The summed E-state index contributed by atoms with van der Waals surface area (Å²) in [5, 5.41) is 2.03. The van der Waals surface area contributed by atoms with Crippen molar-refractivity contribution in [2.75, 3.05) is 13.1 Å². The molecule has 4 nitrogen and oxygen atoms in total. The fraction of sp³-hybridized carbons (Fsp3) is 0.733. The SMILES string of the molecule is Cc1nscc1C(Cl)C1CCN(C(=O)OC(C)(C)C)CC1. The minimum absolute atomic E-state index is 0.00969. The van der Waals surface area contributed by atoms with Crippen molar-refractivity contribution in [2.24, 2.45) is 5.92 Å². The standard InChI is InChI=1S/C15H23ClN2O2S/c1-10-12(9-21-17-10)13(16)11-5-7-18(8-6-11)14(19)20-15(2,3)4/h9,11,13H,5-8H2,1-4H3. The number of carbonyl (C=O) groups is 1. The van der Waals surface area contributed by atoms with E-state index in [1.807, 2.05) is 33.1 Å². The molecular formula is C15H23ClN2O2S. The number of aromatic nitrogens is 1. The van der Waals surface area contributed by atoms with Gasteiger partial charge in [-0.15, -0.1) is 11.6 Å². The number of aryl methyl sites for hydroxylation is 1. The predicted molar refractivity (Wildman–Crippen MR) is 86.0 cm³/mol. The monoisotopic (exact) mass is 330 g/mol. The number of likely N-dealkylation sites (tertiary alicyclic amines) is 1. The molecule has 118 valence electrons. The van der Waals surface area contributed by atoms with Gasteiger partial charge in [0.1, 0.15) is 5.60 Å². The van der Waals surface area contributed by atoms with E-state index in [0.29, 0.717) is 19.0 Å². The number of nitrogens with zero attached hydrogens (tertiary/aromatic N) is 2. The summed E-state index contributed by atoms with van der Waals surface area (Å²) in [4.78, 5) is 13.8. The highest BCUT2D eigenvalue weighted by Crippen LogP contribution is 2.37. The van der Waals surface area contributed by atoms with E-state index in [2.05, 4.69) is 4.37 Å². The Morgan fingerprint density at radius 2 is 2.10 bits per heavy atom. The van der Waals surface area contributed by atoms with Gasteiger partial charge in [0.2, 0.25) is 0 Å². The van der Waals surface area contributed by atoms with Crippen LogP contribution in [-0.4, -0.2) is 34.1 Å². The van der Waals surface area contributed by atoms with E-state index in [1.165, 1.54) is 11.5 Å². The Bertz CT molecular complexity index is 490. The van der Waals surface area contributed by atoms with Crippen LogP contribution in [0.25, 0.3) is 0 Å². The van der Waals surface area contributed by atoms with Gasteiger partial charge in [-0.2, -0.15) is 4.37 Å². The van der Waals surface area contributed by atoms with Crippen LogP contribution >= 0.6 is 23.1 Å². The molecule has 1 saturated heterocycles. The van der Waals surface area contributed by atoms with E-state index in [-0.39, 0.29) is 11.5 Å². The van der Waals surface area contributed by atoms with E-state index in [9.17, 15) is 4.79 Å². The van der Waals surface area contributed by atoms with Crippen LogP contribution in [0.2, 0.25) is 0 Å². The maximum atomic E-state index is 12.0. The van der Waals surface area contributed by atoms with Crippen LogP contribution in [-0.2, 0) is 4.74 Å². The molecule has 0 aliphatic carbocycles. The van der Waals surface area contributed by atoms with Crippen molar-refractivity contribution in [3.8, 4) is 0 Å². The van der Waals surface area contributed by atoms with Gasteiger partial charge in [0.25, 0.3) is 0 Å². The molecule has 1 aliphatic rings. The van der Waals surface area contributed by atoms with Gasteiger partial charge in [-0.05, 0) is 58.0 Å². The second-order valence-corrected chi connectivity index (χ2v) is 7.66. The van der Waals surface area contributed by atoms with E-state index >= 15 is 0 Å². The van der Waals surface area contributed by atoms with Gasteiger partial charge in [0.15, 0.2) is 0 Å². The molecule has 1 amide bonds. The minimum atomic E-state index is -0.442. The number of halogens is 1. The average molecular weight is 331 g/mol. The number of piperidine rings is 1. The smallest absolute Gasteiger partial charge is 0.410 e. The number of hydrogen-bond acceptors (Lipinski definition) is 4. The molecule has 1 atom stereocenters. The Morgan fingerprint density at radius 3 is 2.57 bits per heavy atom. The first-order valence-corrected chi connectivity index (χ1v) is 8.58. The quantitative estimate of drug-likeness (QED) is 0.756. The first kappa shape index (κ1) is 16.6. The number of hydrogen-bond donors (Lipinski definition) is 0. The topological polar surface area (TPSA) is 42.4 Å². The van der Waals surface area contributed by atoms with Crippen LogP contribution in [0.15, 0.2) is 5.38 Å². The minimum Gasteiger partial charge on any atom is -0.444 e. The van der Waals surface area contributed by atoms with Crippen molar-refractivity contribution >= 4 is 29.2 Å². The van der Waals surface area contributed by atoms with E-state index in [4.69, 9.17) is 16.3 Å². The van der Waals surface area contributed by atoms with E-state index in [1.54, 1.807) is 4.90 Å². The average Bonchev–Trinajstić information content (AvgIpc) is 2.82. The molecule has 2 heterocycles. The lowest BCUT2D eigenvalue weighted by Gasteiger charge is -2.35. The van der Waals surface area contributed by atoms with Gasteiger partial charge in [-0.25, -0.2) is 4.79 Å². The van der Waals surface area contributed by atoms with Crippen molar-refractivity contribution < 1.29 is 9.53 Å². The van der Waals surface area contributed by atoms with Crippen LogP contribution in [0, 0.1) is 12.8 Å². The third-order valence-electron chi connectivity index (χ3n) is 3.69. The lowest BCUT2D eigenvalue weighted by atomic mass is 9.90. The zero-order valence-electron chi connectivity index (χ0n) is 13.1. The molecule has 1 aromatic rings. The number of amides is 1. The Kier molecular flexibility index (Phi) is 5.15. The third kappa shape index (κ3) is 4.33. The normalized spacial score (nSPS) is 18.6. The van der Waals surface area contributed by atoms with Crippen LogP contribution in [0.3, 0.4) is 0 Å². The Hall–Kier alpha value is -0.810. The van der Waals surface area contributed by atoms with Gasteiger partial charge in [-0.3, -0.25) is 0 Å². The zero-order valence-corrected chi connectivity index (χ0v) is 14.6. The van der Waals surface area contributed by atoms with Gasteiger partial charge < -0.3 is 9.64 Å². The molecule has 1 unspecified atom stereocenters. The molecule has 1 fully saturated rings. The predicted octanol–water partition coefficient (Wildman–Crippen LogP) is 4.38. The molecule has 1 aliphatic heterocycles. The van der Waals surface area contributed by atoms with E-state index in [0.717, 1.165) is 24.1 Å². The number of ether oxygens (including phenoxy) is 1. The molecule has 0 saturated carbocycles. The summed E-state index contributed by atoms with van der Waals surface area (Å²) in [5.74, 6) is 0.389. The zero-order chi connectivity index (χ0) is 15.6. The summed E-state index contributed by atoms with van der Waals surface area (Å²) in [6, 6.07) is 0. The van der Waals surface area contributed by atoms with E-state index < -0.39 is 5.60 Å². The molecule has 2 rings (SSSR count). The summed E-state index contributed by atoms with van der Waals surface area (Å²) < 4.78 is 9.70. The van der Waals surface area contributed by atoms with Crippen LogP contribution in [0.5, 0.6) is 0 Å². The summed E-state index contributed by atoms with van der Waals surface area (Å²) in [6.07, 6.45) is 1.59. The molecule has 6 heteroatoms. The van der Waals surface area contributed by atoms with Crippen molar-refractivity contribution in [2.45, 2.75) is 51.5 Å². The second kappa shape index (κ2) is 6.53. The molecule has 0 bridgehead atoms. The maximum Gasteiger partial charge on any atom is 0.410 e. The Labute approximate surface area is 135 Å². The molecule has 0 aromatic carbocycles. The van der Waals surface area contributed by atoms with Crippen LogP contribution < -0.4 is 0 Å². The lowest BCUT2D eigenvalue weighted by molar-refractivity contribution is 0.0182. The second-order valence-electron chi connectivity index (χ2n) is 6.56. The van der Waals surface area contributed by atoms with Crippen molar-refractivity contribution in [1.82, 2.24) is 9.27 Å². The number of carbonyl (C=O) groups excluding carboxylic acids is 1. The lowest BCUT2D eigenvalue weighted by Crippen LogP contribution is -2.42. The van der Waals surface area contributed by atoms with Crippen molar-refractivity contribution in [1.29, 1.82) is 0 Å². The summed E-state index contributed by atoms with van der Waals surface area (Å²) >= 11 is 8.05. The summed E-state index contributed by atoms with van der Waals surface area (Å²) in [6.45, 7) is 9.08. The highest BCUT2D eigenvalue weighted by Gasteiger charge is 2.31. The third-order valence-corrected chi connectivity index (χ3v) is 5.02. The fourth-order valence-corrected chi connectivity index (χ4v) is 3.81. The molecule has 21 heavy (non-hydrogen) atoms. The molecular weight excluding hydrogens is 308 g/mol. The Balaban J connectivity index is 1.89. The Morgan fingerprint density at radius 1 is 1.48 bits per heavy atom. The maximum absolute atomic E-state index is 12.0. The number of rotatable bonds is 2. The van der Waals surface area contributed by atoms with Gasteiger partial charge in [0.05, 0.1) is 11.1 Å². The summed E-state index contributed by atoms with van der Waals surface area (Å²) in [7, 11) is 0. The van der Waals surface area contributed by atoms with Crippen LogP contribution in [0.1, 0.15) is 50.2 Å². The fourth-order valence-electron chi connectivity index (χ4n) is 2.52. The highest BCUT2D eigenvalue weighted by molar-refractivity contribution is 7.03. The van der Waals surface area contributed by atoms with Crippen LogP contribution in [0.4, 0.5) is 4.79 Å². The number of alkyl halides is 1. The molecule has 1 aromatic heterocycles. The molecule has 0 spiro atoms. The van der Waals surface area contributed by atoms with Crippen molar-refractivity contribution in [3.63, 3.8) is 0 Å². The summed E-state index contributed by atoms with van der Waals surface area (Å²) in [5.41, 5.74) is 1.72. The van der Waals surface area contributed by atoms with Gasteiger partial charge in [-0.1, -0.05) is 0 Å². The van der Waals surface area contributed by atoms with Crippen molar-refractivity contribution in [3.05, 3.63) is 16.6 Å². The van der Waals surface area contributed by atoms with Gasteiger partial charge in [0, 0.05) is 24.0 Å².